The van der Waals surface area contributed by atoms with Crippen molar-refractivity contribution in [2.24, 2.45) is 5.92 Å². The molecule has 202 valence electrons. The van der Waals surface area contributed by atoms with Crippen molar-refractivity contribution < 1.29 is 19.1 Å². The van der Waals surface area contributed by atoms with E-state index in [0.717, 1.165) is 68.6 Å². The number of likely N-dealkylation sites (tertiary alicyclic amines) is 1. The highest BCUT2D eigenvalue weighted by Gasteiger charge is 2.52. The first-order valence-corrected chi connectivity index (χ1v) is 13.8. The number of rotatable bonds is 9. The van der Waals surface area contributed by atoms with Crippen LogP contribution < -0.4 is 15.4 Å². The minimum atomic E-state index is -0.824. The highest BCUT2D eigenvalue weighted by Crippen LogP contribution is 2.32. The fourth-order valence-corrected chi connectivity index (χ4v) is 6.03. The van der Waals surface area contributed by atoms with Crippen LogP contribution in [0.1, 0.15) is 62.1 Å². The molecule has 1 unspecified atom stereocenters. The van der Waals surface area contributed by atoms with E-state index < -0.39 is 5.54 Å². The smallest absolute Gasteiger partial charge is 0.325 e. The van der Waals surface area contributed by atoms with Crippen LogP contribution in [-0.2, 0) is 16.1 Å². The zero-order valence-electron chi connectivity index (χ0n) is 22.2. The van der Waals surface area contributed by atoms with Crippen molar-refractivity contribution in [3.05, 3.63) is 65.7 Å². The summed E-state index contributed by atoms with van der Waals surface area (Å²) in [6.45, 7) is 2.51. The number of benzene rings is 2. The molecular formula is C30H38N4O4. The molecule has 1 aliphatic carbocycles. The Hall–Kier alpha value is -3.39. The van der Waals surface area contributed by atoms with Gasteiger partial charge < -0.3 is 20.3 Å². The first-order valence-electron chi connectivity index (χ1n) is 13.8. The van der Waals surface area contributed by atoms with Crippen LogP contribution in [-0.4, -0.2) is 59.9 Å². The second-order valence-corrected chi connectivity index (χ2v) is 10.8. The maximum Gasteiger partial charge on any atom is 0.325 e. The number of carbonyl (C=O) groups excluding carboxylic acids is 3. The summed E-state index contributed by atoms with van der Waals surface area (Å²) in [5.41, 5.74) is 1.19. The van der Waals surface area contributed by atoms with Crippen molar-refractivity contribution in [2.45, 2.75) is 63.1 Å². The molecule has 0 aromatic heterocycles. The van der Waals surface area contributed by atoms with Gasteiger partial charge in [0.2, 0.25) is 5.91 Å². The van der Waals surface area contributed by atoms with Crippen molar-refractivity contribution in [1.82, 2.24) is 20.4 Å². The van der Waals surface area contributed by atoms with Gasteiger partial charge in [0, 0.05) is 25.6 Å². The molecule has 1 saturated carbocycles. The number of methoxy groups -OCH3 is 1. The van der Waals surface area contributed by atoms with E-state index in [-0.39, 0.29) is 36.3 Å². The van der Waals surface area contributed by atoms with E-state index in [1.807, 2.05) is 42.5 Å². The lowest BCUT2D eigenvalue weighted by atomic mass is 9.87. The molecule has 2 N–H and O–H groups in total. The number of urea groups is 1. The summed E-state index contributed by atoms with van der Waals surface area (Å²) >= 11 is 0. The average Bonchev–Trinajstić information content (AvgIpc) is 3.57. The lowest BCUT2D eigenvalue weighted by molar-refractivity contribution is -0.133. The second-order valence-electron chi connectivity index (χ2n) is 10.8. The van der Waals surface area contributed by atoms with Gasteiger partial charge in [0.25, 0.3) is 5.91 Å². The van der Waals surface area contributed by atoms with Gasteiger partial charge in [-0.3, -0.25) is 14.5 Å². The monoisotopic (exact) mass is 518 g/mol. The Bertz CT molecular complexity index is 1120. The quantitative estimate of drug-likeness (QED) is 0.490. The van der Waals surface area contributed by atoms with Gasteiger partial charge in [0.05, 0.1) is 19.7 Å². The third-order valence-corrected chi connectivity index (χ3v) is 8.43. The summed E-state index contributed by atoms with van der Waals surface area (Å²) in [5, 5.41) is 6.33. The Labute approximate surface area is 224 Å². The highest BCUT2D eigenvalue weighted by molar-refractivity contribution is 6.07. The number of hydrogen-bond acceptors (Lipinski definition) is 5. The average molecular weight is 519 g/mol. The molecule has 2 aliphatic heterocycles. The van der Waals surface area contributed by atoms with Crippen molar-refractivity contribution in [2.75, 3.05) is 26.7 Å². The predicted octanol–water partition coefficient (Wildman–Crippen LogP) is 4.02. The maximum absolute atomic E-state index is 13.4. The first-order chi connectivity index (χ1) is 18.5. The van der Waals surface area contributed by atoms with E-state index in [1.54, 1.807) is 7.11 Å². The molecule has 38 heavy (non-hydrogen) atoms. The molecule has 1 spiro atoms. The van der Waals surface area contributed by atoms with E-state index in [2.05, 4.69) is 27.7 Å². The number of piperidine rings is 1. The lowest BCUT2D eigenvalue weighted by Gasteiger charge is -2.38. The number of imide groups is 1. The van der Waals surface area contributed by atoms with Crippen molar-refractivity contribution in [3.8, 4) is 5.75 Å². The SMILES string of the molecule is COc1ccc(CN2C(=O)NC3(CCN(CCC(NC(=O)C4CCCC4)c4ccccc4)CC3)C2=O)cc1. The zero-order valence-corrected chi connectivity index (χ0v) is 22.2. The minimum Gasteiger partial charge on any atom is -0.497 e. The van der Waals surface area contributed by atoms with Crippen molar-refractivity contribution in [1.29, 1.82) is 0 Å². The Morgan fingerprint density at radius 3 is 2.39 bits per heavy atom. The van der Waals surface area contributed by atoms with E-state index >= 15 is 0 Å². The van der Waals surface area contributed by atoms with Crippen LogP contribution in [0.3, 0.4) is 0 Å². The van der Waals surface area contributed by atoms with Gasteiger partial charge >= 0.3 is 6.03 Å². The maximum atomic E-state index is 13.4. The summed E-state index contributed by atoms with van der Waals surface area (Å²) in [7, 11) is 1.61. The number of carbonyl (C=O) groups is 3. The summed E-state index contributed by atoms with van der Waals surface area (Å²) in [5.74, 6) is 0.908. The number of ether oxygens (including phenoxy) is 1. The molecule has 2 aromatic carbocycles. The number of nitrogens with zero attached hydrogens (tertiary/aromatic N) is 2. The van der Waals surface area contributed by atoms with Gasteiger partial charge in [-0.1, -0.05) is 55.3 Å². The summed E-state index contributed by atoms with van der Waals surface area (Å²) in [6, 6.07) is 17.2. The van der Waals surface area contributed by atoms with Crippen LogP contribution >= 0.6 is 0 Å². The second kappa shape index (κ2) is 11.6. The van der Waals surface area contributed by atoms with Crippen LogP contribution in [0.4, 0.5) is 4.79 Å². The predicted molar refractivity (Wildman–Crippen MR) is 144 cm³/mol. The minimum absolute atomic E-state index is 0.0343. The van der Waals surface area contributed by atoms with E-state index in [1.165, 1.54) is 4.90 Å². The molecule has 4 amide bonds. The Morgan fingerprint density at radius 1 is 1.05 bits per heavy atom. The Balaban J connectivity index is 1.16. The third-order valence-electron chi connectivity index (χ3n) is 8.43. The third kappa shape index (κ3) is 5.70. The summed E-state index contributed by atoms with van der Waals surface area (Å²) < 4.78 is 5.20. The Morgan fingerprint density at radius 2 is 1.74 bits per heavy atom. The Kier molecular flexibility index (Phi) is 7.98. The van der Waals surface area contributed by atoms with Crippen LogP contribution in [0.5, 0.6) is 5.75 Å². The first kappa shape index (κ1) is 26.2. The van der Waals surface area contributed by atoms with Gasteiger partial charge in [0.15, 0.2) is 0 Å². The molecule has 5 rings (SSSR count). The van der Waals surface area contributed by atoms with Crippen molar-refractivity contribution >= 4 is 17.8 Å². The molecule has 0 bridgehead atoms. The standard InChI is InChI=1S/C30H38N4O4/c1-38-25-13-11-22(12-14-25)21-34-28(36)30(32-29(34)37)16-19-33(20-17-30)18-15-26(23-7-3-2-4-8-23)31-27(35)24-9-5-6-10-24/h2-4,7-8,11-14,24,26H,5-6,9-10,15-21H2,1H3,(H,31,35)(H,32,37). The van der Waals surface area contributed by atoms with Crippen LogP contribution in [0.15, 0.2) is 54.6 Å². The number of hydrogen-bond donors (Lipinski definition) is 2. The number of amides is 4. The molecule has 2 heterocycles. The molecule has 3 aliphatic rings. The molecule has 2 aromatic rings. The van der Waals surface area contributed by atoms with Gasteiger partial charge in [-0.2, -0.15) is 0 Å². The van der Waals surface area contributed by atoms with E-state index in [9.17, 15) is 14.4 Å². The van der Waals surface area contributed by atoms with Gasteiger partial charge in [-0.25, -0.2) is 4.79 Å². The van der Waals surface area contributed by atoms with Crippen LogP contribution in [0, 0.1) is 5.92 Å². The van der Waals surface area contributed by atoms with Crippen LogP contribution in [0.25, 0.3) is 0 Å². The molecule has 8 heteroatoms. The largest absolute Gasteiger partial charge is 0.497 e. The summed E-state index contributed by atoms with van der Waals surface area (Å²) in [4.78, 5) is 42.7. The molecule has 8 nitrogen and oxygen atoms in total. The lowest BCUT2D eigenvalue weighted by Crippen LogP contribution is -2.55. The van der Waals surface area contributed by atoms with Crippen LogP contribution in [0.2, 0.25) is 0 Å². The number of nitrogens with one attached hydrogen (secondary N) is 2. The molecule has 1 atom stereocenters. The zero-order chi connectivity index (χ0) is 26.5. The summed E-state index contributed by atoms with van der Waals surface area (Å²) in [6.07, 6.45) is 6.21. The van der Waals surface area contributed by atoms with Gasteiger partial charge in [-0.15, -0.1) is 0 Å². The molecule has 3 fully saturated rings. The fourth-order valence-electron chi connectivity index (χ4n) is 6.03. The van der Waals surface area contributed by atoms with Gasteiger partial charge in [-0.05, 0) is 55.4 Å². The van der Waals surface area contributed by atoms with Gasteiger partial charge in [0.1, 0.15) is 11.3 Å². The normalized spacial score (nSPS) is 20.5. The molecule has 2 saturated heterocycles. The highest BCUT2D eigenvalue weighted by atomic mass is 16.5. The topological polar surface area (TPSA) is 91.0 Å². The molecule has 0 radical (unpaired) electrons. The fraction of sp³-hybridized carbons (Fsp3) is 0.500. The van der Waals surface area contributed by atoms with E-state index in [4.69, 9.17) is 4.74 Å². The van der Waals surface area contributed by atoms with Crippen molar-refractivity contribution in [3.63, 3.8) is 0 Å². The van der Waals surface area contributed by atoms with E-state index in [0.29, 0.717) is 12.8 Å². The molecular weight excluding hydrogens is 480 g/mol.